The van der Waals surface area contributed by atoms with E-state index in [0.717, 1.165) is 23.5 Å². The molecule has 2 amide bonds. The summed E-state index contributed by atoms with van der Waals surface area (Å²) >= 11 is 1.57. The molecule has 3 heterocycles. The summed E-state index contributed by atoms with van der Waals surface area (Å²) in [4.78, 5) is 32.2. The lowest BCUT2D eigenvalue weighted by atomic mass is 10.0. The van der Waals surface area contributed by atoms with Crippen LogP contribution in [-0.2, 0) is 0 Å². The van der Waals surface area contributed by atoms with Gasteiger partial charge < -0.3 is 20.4 Å². The molecule has 0 aliphatic carbocycles. The third-order valence-electron chi connectivity index (χ3n) is 5.18. The number of likely N-dealkylation sites (tertiary alicyclic amines) is 1. The summed E-state index contributed by atoms with van der Waals surface area (Å²) in [6, 6.07) is 4.41. The van der Waals surface area contributed by atoms with Gasteiger partial charge in [0.25, 0.3) is 11.8 Å². The third-order valence-corrected chi connectivity index (χ3v) is 6.25. The summed E-state index contributed by atoms with van der Waals surface area (Å²) in [5.41, 5.74) is 7.97. The van der Waals surface area contributed by atoms with E-state index >= 15 is 0 Å². The van der Waals surface area contributed by atoms with Gasteiger partial charge in [0, 0.05) is 41.4 Å². The second kappa shape index (κ2) is 8.56. The Hall–Kier alpha value is -3.11. The summed E-state index contributed by atoms with van der Waals surface area (Å²) < 4.78 is 5.64. The maximum atomic E-state index is 13.5. The van der Waals surface area contributed by atoms with Crippen molar-refractivity contribution in [2.45, 2.75) is 38.8 Å². The monoisotopic (exact) mass is 440 g/mol. The average molecular weight is 441 g/mol. The Morgan fingerprint density at radius 2 is 2.06 bits per heavy atom. The minimum Gasteiger partial charge on any atom is -0.419 e. The molecule has 0 radical (unpaired) electrons. The van der Waals surface area contributed by atoms with E-state index < -0.39 is 6.04 Å². The predicted molar refractivity (Wildman–Crippen MR) is 116 cm³/mol. The third kappa shape index (κ3) is 4.21. The second-order valence-electron chi connectivity index (χ2n) is 7.60. The molecule has 3 aromatic rings. The molecular weight excluding hydrogens is 416 g/mol. The maximum absolute atomic E-state index is 13.5. The van der Waals surface area contributed by atoms with Crippen molar-refractivity contribution in [2.75, 3.05) is 13.6 Å². The van der Waals surface area contributed by atoms with Crippen molar-refractivity contribution in [1.29, 1.82) is 0 Å². The van der Waals surface area contributed by atoms with E-state index in [-0.39, 0.29) is 29.6 Å². The molecule has 1 aromatic carbocycles. The van der Waals surface area contributed by atoms with Crippen LogP contribution in [0.4, 0.5) is 0 Å². The van der Waals surface area contributed by atoms with Crippen molar-refractivity contribution in [2.24, 2.45) is 5.73 Å². The molecule has 3 N–H and O–H groups in total. The molecule has 2 aromatic heterocycles. The number of rotatable bonds is 5. The number of nitrogens with one attached hydrogen (secondary N) is 1. The summed E-state index contributed by atoms with van der Waals surface area (Å²) in [7, 11) is 1.54. The van der Waals surface area contributed by atoms with Crippen LogP contribution in [0.1, 0.15) is 69.2 Å². The molecule has 1 fully saturated rings. The van der Waals surface area contributed by atoms with Crippen LogP contribution in [0, 0.1) is 6.92 Å². The van der Waals surface area contributed by atoms with E-state index in [9.17, 15) is 9.59 Å². The first kappa shape index (κ1) is 21.1. The highest BCUT2D eigenvalue weighted by atomic mass is 32.1. The van der Waals surface area contributed by atoms with Crippen molar-refractivity contribution in [3.8, 4) is 11.5 Å². The smallest absolute Gasteiger partial charge is 0.254 e. The molecule has 1 saturated heterocycles. The zero-order chi connectivity index (χ0) is 22.1. The van der Waals surface area contributed by atoms with Gasteiger partial charge in [0.2, 0.25) is 11.8 Å². The number of benzene rings is 1. The summed E-state index contributed by atoms with van der Waals surface area (Å²) in [5.74, 6) is 0.0261. The number of aryl methyl sites for hydroxylation is 1. The minimum absolute atomic E-state index is 0.0635. The Morgan fingerprint density at radius 3 is 2.71 bits per heavy atom. The Labute approximate surface area is 183 Å². The van der Waals surface area contributed by atoms with Crippen LogP contribution in [-0.4, -0.2) is 45.5 Å². The van der Waals surface area contributed by atoms with Gasteiger partial charge in [-0.2, -0.15) is 0 Å². The number of hydrogen-bond acceptors (Lipinski definition) is 8. The maximum Gasteiger partial charge on any atom is 0.254 e. The number of carbonyl (C=O) groups excluding carboxylic acids is 2. The first-order chi connectivity index (χ1) is 14.9. The number of nitrogens with two attached hydrogens (primary N) is 1. The van der Waals surface area contributed by atoms with Crippen molar-refractivity contribution in [3.05, 3.63) is 51.3 Å². The molecular formula is C21H24N6O3S. The summed E-state index contributed by atoms with van der Waals surface area (Å²) in [6.45, 7) is 4.32. The second-order valence-corrected chi connectivity index (χ2v) is 8.49. The quantitative estimate of drug-likeness (QED) is 0.624. The molecule has 10 heteroatoms. The van der Waals surface area contributed by atoms with Crippen molar-refractivity contribution in [3.63, 3.8) is 0 Å². The fourth-order valence-corrected chi connectivity index (χ4v) is 4.59. The molecule has 1 aliphatic heterocycles. The van der Waals surface area contributed by atoms with E-state index in [4.69, 9.17) is 10.2 Å². The molecule has 0 spiro atoms. The Morgan fingerprint density at radius 1 is 1.29 bits per heavy atom. The first-order valence-corrected chi connectivity index (χ1v) is 10.9. The van der Waals surface area contributed by atoms with Crippen molar-refractivity contribution < 1.29 is 14.0 Å². The molecule has 9 nitrogen and oxygen atoms in total. The average Bonchev–Trinajstić information content (AvgIpc) is 3.52. The molecule has 162 valence electrons. The zero-order valence-corrected chi connectivity index (χ0v) is 18.4. The van der Waals surface area contributed by atoms with Crippen LogP contribution >= 0.6 is 11.3 Å². The van der Waals surface area contributed by atoms with Gasteiger partial charge >= 0.3 is 0 Å². The molecule has 31 heavy (non-hydrogen) atoms. The van der Waals surface area contributed by atoms with Crippen LogP contribution in [0.2, 0.25) is 0 Å². The van der Waals surface area contributed by atoms with Gasteiger partial charge in [-0.1, -0.05) is 0 Å². The van der Waals surface area contributed by atoms with Crippen LogP contribution in [0.5, 0.6) is 0 Å². The highest BCUT2D eigenvalue weighted by molar-refractivity contribution is 7.09. The number of hydrogen-bond donors (Lipinski definition) is 2. The molecule has 2 atom stereocenters. The van der Waals surface area contributed by atoms with Crippen molar-refractivity contribution >= 4 is 23.2 Å². The van der Waals surface area contributed by atoms with Crippen LogP contribution < -0.4 is 11.1 Å². The number of carbonyl (C=O) groups is 2. The van der Waals surface area contributed by atoms with Crippen molar-refractivity contribution in [1.82, 2.24) is 25.4 Å². The number of amides is 2. The Kier molecular flexibility index (Phi) is 5.84. The number of thiazole rings is 1. The van der Waals surface area contributed by atoms with Gasteiger partial charge in [0.15, 0.2) is 0 Å². The molecule has 4 rings (SSSR count). The minimum atomic E-state index is -0.420. The van der Waals surface area contributed by atoms with Gasteiger partial charge in [0.1, 0.15) is 5.01 Å². The van der Waals surface area contributed by atoms with Gasteiger partial charge in [-0.25, -0.2) is 4.98 Å². The zero-order valence-electron chi connectivity index (χ0n) is 17.6. The molecule has 0 saturated carbocycles. The Balaban J connectivity index is 1.72. The van der Waals surface area contributed by atoms with Gasteiger partial charge in [-0.15, -0.1) is 21.5 Å². The van der Waals surface area contributed by atoms with E-state index in [0.29, 0.717) is 23.2 Å². The van der Waals surface area contributed by atoms with Crippen LogP contribution in [0.25, 0.3) is 11.5 Å². The lowest BCUT2D eigenvalue weighted by Gasteiger charge is -2.23. The SMILES string of the molecule is CNC(=O)c1cc(C(=O)N2CCC[C@@H]2c2nc(C)cs2)cc(-c2nnc([C@H](C)N)o2)c1. The van der Waals surface area contributed by atoms with Crippen LogP contribution in [0.3, 0.4) is 0 Å². The highest BCUT2D eigenvalue weighted by Gasteiger charge is 2.33. The van der Waals surface area contributed by atoms with Gasteiger partial charge in [0.05, 0.1) is 12.1 Å². The number of aromatic nitrogens is 3. The van der Waals surface area contributed by atoms with Gasteiger partial charge in [-0.05, 0) is 44.9 Å². The summed E-state index contributed by atoms with van der Waals surface area (Å²) in [6.07, 6.45) is 1.76. The summed E-state index contributed by atoms with van der Waals surface area (Å²) in [5, 5.41) is 13.5. The normalized spacial score (nSPS) is 17.0. The van der Waals surface area contributed by atoms with E-state index in [1.807, 2.05) is 17.2 Å². The highest BCUT2D eigenvalue weighted by Crippen LogP contribution is 2.35. The van der Waals surface area contributed by atoms with E-state index in [1.54, 1.807) is 43.5 Å². The lowest BCUT2D eigenvalue weighted by molar-refractivity contribution is 0.0735. The van der Waals surface area contributed by atoms with Crippen LogP contribution in [0.15, 0.2) is 28.0 Å². The molecule has 0 bridgehead atoms. The molecule has 1 aliphatic rings. The lowest BCUT2D eigenvalue weighted by Crippen LogP contribution is -2.31. The molecule has 0 unspecified atom stereocenters. The topological polar surface area (TPSA) is 127 Å². The number of nitrogens with zero attached hydrogens (tertiary/aromatic N) is 4. The predicted octanol–water partition coefficient (Wildman–Crippen LogP) is 2.86. The fraction of sp³-hybridized carbons (Fsp3) is 0.381. The Bertz CT molecular complexity index is 1120. The van der Waals surface area contributed by atoms with Gasteiger partial charge in [-0.3, -0.25) is 9.59 Å². The van der Waals surface area contributed by atoms with E-state index in [2.05, 4.69) is 20.5 Å². The van der Waals surface area contributed by atoms with E-state index in [1.165, 1.54) is 0 Å². The first-order valence-electron chi connectivity index (χ1n) is 10.1. The fourth-order valence-electron chi connectivity index (χ4n) is 3.64. The largest absolute Gasteiger partial charge is 0.419 e. The standard InChI is InChI=1S/C21H24N6O3S/c1-11-10-31-20(24-11)16-5-4-6-27(16)21(29)15-8-13(17(28)23-3)7-14(9-15)19-26-25-18(30-19)12(2)22/h7-10,12,16H,4-6,22H2,1-3H3,(H,23,28)/t12-,16+/m0/s1.